The number of halogens is 5. The lowest BCUT2D eigenvalue weighted by atomic mass is 10.0. The van der Waals surface area contributed by atoms with Crippen LogP contribution in [0.25, 0.3) is 0 Å². The van der Waals surface area contributed by atoms with Crippen LogP contribution in [0.3, 0.4) is 0 Å². The molecule has 1 fully saturated rings. The van der Waals surface area contributed by atoms with Gasteiger partial charge >= 0.3 is 0 Å². The lowest BCUT2D eigenvalue weighted by molar-refractivity contribution is 0.144. The number of nitrogens with zero attached hydrogens (tertiary/aromatic N) is 1. The summed E-state index contributed by atoms with van der Waals surface area (Å²) >= 11 is 6.68. The SMILES string of the molecule is Cl.Cl.Oc1c(Br)ccc(Br)c1[C@H](CF)N1CCNCC1. The minimum atomic E-state index is -0.511. The lowest BCUT2D eigenvalue weighted by Crippen LogP contribution is -2.45. The van der Waals surface area contributed by atoms with Crippen LogP contribution in [0, 0.1) is 0 Å². The van der Waals surface area contributed by atoms with E-state index in [2.05, 4.69) is 42.1 Å². The smallest absolute Gasteiger partial charge is 0.135 e. The van der Waals surface area contributed by atoms with Crippen LogP contribution in [0.1, 0.15) is 11.6 Å². The molecule has 1 aromatic carbocycles. The van der Waals surface area contributed by atoms with Crippen molar-refractivity contribution in [3.8, 4) is 5.75 Å². The molecule has 0 unspecified atom stereocenters. The van der Waals surface area contributed by atoms with E-state index in [1.54, 1.807) is 6.07 Å². The summed E-state index contributed by atoms with van der Waals surface area (Å²) in [4.78, 5) is 2.06. The predicted octanol–water partition coefficient (Wildman–Crippen LogP) is 3.68. The highest BCUT2D eigenvalue weighted by molar-refractivity contribution is 9.11. The molecule has 0 bridgehead atoms. The van der Waals surface area contributed by atoms with Gasteiger partial charge in [0, 0.05) is 36.2 Å². The number of aromatic hydroxyl groups is 1. The molecule has 0 spiro atoms. The Balaban J connectivity index is 0.00000180. The van der Waals surface area contributed by atoms with Gasteiger partial charge < -0.3 is 10.4 Å². The molecule has 1 heterocycles. The van der Waals surface area contributed by atoms with Crippen molar-refractivity contribution in [3.05, 3.63) is 26.6 Å². The standard InChI is InChI=1S/C12H15Br2FN2O.2ClH/c13-8-1-2-9(14)12(18)11(8)10(7-15)17-5-3-16-4-6-17;;/h1-2,10,16,18H,3-7H2;2*1H/t10-;;/m0../s1. The van der Waals surface area contributed by atoms with E-state index in [9.17, 15) is 9.50 Å². The molecular formula is C12H17Br2Cl2FN2O. The first-order chi connectivity index (χ1) is 8.65. The molecule has 1 aliphatic heterocycles. The zero-order chi connectivity index (χ0) is 13.1. The van der Waals surface area contributed by atoms with E-state index in [1.165, 1.54) is 0 Å². The normalized spacial score (nSPS) is 16.9. The van der Waals surface area contributed by atoms with Crippen molar-refractivity contribution in [1.82, 2.24) is 10.2 Å². The Labute approximate surface area is 147 Å². The molecule has 2 rings (SSSR count). The van der Waals surface area contributed by atoms with Gasteiger partial charge in [-0.2, -0.15) is 0 Å². The maximum atomic E-state index is 13.4. The monoisotopic (exact) mass is 452 g/mol. The van der Waals surface area contributed by atoms with Crippen LogP contribution in [-0.4, -0.2) is 42.9 Å². The number of hydrogen-bond acceptors (Lipinski definition) is 3. The van der Waals surface area contributed by atoms with Crippen LogP contribution >= 0.6 is 56.7 Å². The fourth-order valence-electron chi connectivity index (χ4n) is 2.22. The van der Waals surface area contributed by atoms with Gasteiger partial charge in [-0.1, -0.05) is 15.9 Å². The summed E-state index contributed by atoms with van der Waals surface area (Å²) in [5.74, 6) is 0.116. The summed E-state index contributed by atoms with van der Waals surface area (Å²) in [5.41, 5.74) is 0.619. The second kappa shape index (κ2) is 9.43. The van der Waals surface area contributed by atoms with Gasteiger partial charge in [0.2, 0.25) is 0 Å². The Morgan fingerprint density at radius 1 is 1.20 bits per heavy atom. The molecule has 1 saturated heterocycles. The second-order valence-electron chi connectivity index (χ2n) is 4.25. The second-order valence-corrected chi connectivity index (χ2v) is 5.96. The number of piperazine rings is 1. The zero-order valence-electron chi connectivity index (χ0n) is 10.6. The van der Waals surface area contributed by atoms with Gasteiger partial charge in [0.25, 0.3) is 0 Å². The van der Waals surface area contributed by atoms with Gasteiger partial charge in [0.05, 0.1) is 10.5 Å². The van der Waals surface area contributed by atoms with E-state index >= 15 is 0 Å². The quantitative estimate of drug-likeness (QED) is 0.731. The summed E-state index contributed by atoms with van der Waals surface area (Å²) in [6.07, 6.45) is 0. The highest BCUT2D eigenvalue weighted by Gasteiger charge is 2.27. The molecule has 3 nitrogen and oxygen atoms in total. The zero-order valence-corrected chi connectivity index (χ0v) is 15.4. The number of rotatable bonds is 3. The topological polar surface area (TPSA) is 35.5 Å². The minimum Gasteiger partial charge on any atom is -0.506 e. The Hall–Kier alpha value is 0.410. The lowest BCUT2D eigenvalue weighted by Gasteiger charge is -2.34. The Morgan fingerprint density at radius 3 is 2.30 bits per heavy atom. The Kier molecular flexibility index (Phi) is 9.63. The van der Waals surface area contributed by atoms with Crippen molar-refractivity contribution in [1.29, 1.82) is 0 Å². The number of benzene rings is 1. The van der Waals surface area contributed by atoms with E-state index in [1.807, 2.05) is 6.07 Å². The van der Waals surface area contributed by atoms with E-state index in [-0.39, 0.29) is 30.6 Å². The van der Waals surface area contributed by atoms with Crippen molar-refractivity contribution < 1.29 is 9.50 Å². The first-order valence-corrected chi connectivity index (χ1v) is 7.41. The third-order valence-corrected chi connectivity index (χ3v) is 4.52. The third kappa shape index (κ3) is 4.45. The van der Waals surface area contributed by atoms with Gasteiger partial charge in [-0.3, -0.25) is 4.90 Å². The number of nitrogens with one attached hydrogen (secondary N) is 1. The largest absolute Gasteiger partial charge is 0.506 e. The molecular weight excluding hydrogens is 438 g/mol. The first kappa shape index (κ1) is 20.4. The van der Waals surface area contributed by atoms with Gasteiger partial charge in [-0.15, -0.1) is 24.8 Å². The molecule has 116 valence electrons. The fraction of sp³-hybridized carbons (Fsp3) is 0.500. The van der Waals surface area contributed by atoms with Crippen molar-refractivity contribution in [3.63, 3.8) is 0 Å². The highest BCUT2D eigenvalue weighted by atomic mass is 79.9. The Bertz CT molecular complexity index is 434. The minimum absolute atomic E-state index is 0. The van der Waals surface area contributed by atoms with Crippen molar-refractivity contribution in [2.45, 2.75) is 6.04 Å². The number of phenolic OH excluding ortho intramolecular Hbond substituents is 1. The van der Waals surface area contributed by atoms with Gasteiger partial charge in [0.1, 0.15) is 12.4 Å². The summed E-state index contributed by atoms with van der Waals surface area (Å²) in [6, 6.07) is 3.17. The van der Waals surface area contributed by atoms with Crippen molar-refractivity contribution in [2.75, 3.05) is 32.9 Å². The summed E-state index contributed by atoms with van der Waals surface area (Å²) in [7, 11) is 0. The highest BCUT2D eigenvalue weighted by Crippen LogP contribution is 2.39. The fourth-order valence-corrected chi connectivity index (χ4v) is 3.15. The molecule has 0 aliphatic carbocycles. The maximum absolute atomic E-state index is 13.4. The van der Waals surface area contributed by atoms with E-state index < -0.39 is 12.7 Å². The molecule has 0 aromatic heterocycles. The van der Waals surface area contributed by atoms with Crippen molar-refractivity contribution >= 4 is 56.7 Å². The van der Waals surface area contributed by atoms with Gasteiger partial charge in [0.15, 0.2) is 0 Å². The first-order valence-electron chi connectivity index (χ1n) is 5.82. The number of phenols is 1. The van der Waals surface area contributed by atoms with Crippen LogP contribution < -0.4 is 5.32 Å². The average molecular weight is 455 g/mol. The molecule has 0 amide bonds. The van der Waals surface area contributed by atoms with E-state index in [4.69, 9.17) is 0 Å². The summed E-state index contributed by atoms with van der Waals surface area (Å²) in [6.45, 7) is 2.76. The predicted molar refractivity (Wildman–Crippen MR) is 91.2 cm³/mol. The van der Waals surface area contributed by atoms with Gasteiger partial charge in [-0.25, -0.2) is 4.39 Å². The molecule has 2 N–H and O–H groups in total. The maximum Gasteiger partial charge on any atom is 0.135 e. The number of hydrogen-bond donors (Lipinski definition) is 2. The van der Waals surface area contributed by atoms with E-state index in [0.29, 0.717) is 10.0 Å². The van der Waals surface area contributed by atoms with Crippen molar-refractivity contribution in [2.24, 2.45) is 0 Å². The van der Waals surface area contributed by atoms with E-state index in [0.717, 1.165) is 30.7 Å². The van der Waals surface area contributed by atoms with Gasteiger partial charge in [-0.05, 0) is 28.1 Å². The summed E-state index contributed by atoms with van der Waals surface area (Å²) < 4.78 is 14.7. The molecule has 8 heteroatoms. The van der Waals surface area contributed by atoms with Crippen LogP contribution in [0.15, 0.2) is 21.1 Å². The molecule has 20 heavy (non-hydrogen) atoms. The molecule has 1 aromatic rings. The summed E-state index contributed by atoms with van der Waals surface area (Å²) in [5, 5.41) is 13.4. The molecule has 0 radical (unpaired) electrons. The number of alkyl halides is 1. The third-order valence-electron chi connectivity index (χ3n) is 3.19. The van der Waals surface area contributed by atoms with Crippen LogP contribution in [0.4, 0.5) is 4.39 Å². The Morgan fingerprint density at radius 2 is 1.75 bits per heavy atom. The van der Waals surface area contributed by atoms with Crippen LogP contribution in [-0.2, 0) is 0 Å². The molecule has 1 atom stereocenters. The van der Waals surface area contributed by atoms with Crippen LogP contribution in [0.5, 0.6) is 5.75 Å². The van der Waals surface area contributed by atoms with Crippen LogP contribution in [0.2, 0.25) is 0 Å². The average Bonchev–Trinajstić information content (AvgIpc) is 2.40. The molecule has 0 saturated carbocycles. The molecule has 1 aliphatic rings.